The number of aryl methyl sites for hydroxylation is 1. The Labute approximate surface area is 90.9 Å². The highest BCUT2D eigenvalue weighted by atomic mass is 19.1. The van der Waals surface area contributed by atoms with Gasteiger partial charge in [-0.05, 0) is 30.7 Å². The van der Waals surface area contributed by atoms with Crippen LogP contribution in [0, 0.1) is 18.6 Å². The zero-order valence-electron chi connectivity index (χ0n) is 8.55. The van der Waals surface area contributed by atoms with Crippen molar-refractivity contribution in [1.82, 2.24) is 4.98 Å². The first-order valence-electron chi connectivity index (χ1n) is 4.73. The number of hydrogen-bond acceptors (Lipinski definition) is 1. The molecule has 16 heavy (non-hydrogen) atoms. The summed E-state index contributed by atoms with van der Waals surface area (Å²) in [7, 11) is 0. The molecule has 0 aliphatic carbocycles. The molecule has 0 spiro atoms. The van der Waals surface area contributed by atoms with Gasteiger partial charge in [-0.2, -0.15) is 0 Å². The van der Waals surface area contributed by atoms with Crippen LogP contribution in [0.2, 0.25) is 0 Å². The second-order valence-corrected chi connectivity index (χ2v) is 3.49. The summed E-state index contributed by atoms with van der Waals surface area (Å²) in [5.41, 5.74) is 0.405. The maximum atomic E-state index is 13.4. The van der Waals surface area contributed by atoms with Gasteiger partial charge >= 0.3 is 0 Å². The van der Waals surface area contributed by atoms with E-state index in [-0.39, 0.29) is 16.8 Å². The van der Waals surface area contributed by atoms with Crippen molar-refractivity contribution in [2.45, 2.75) is 6.92 Å². The van der Waals surface area contributed by atoms with Crippen molar-refractivity contribution in [1.29, 1.82) is 0 Å². The average Bonchev–Trinajstić information content (AvgIpc) is 2.75. The minimum absolute atomic E-state index is 0.124. The Kier molecular flexibility index (Phi) is 2.56. The number of ketones is 1. The fourth-order valence-electron chi connectivity index (χ4n) is 1.45. The molecule has 0 aliphatic rings. The van der Waals surface area contributed by atoms with Crippen LogP contribution in [-0.2, 0) is 0 Å². The van der Waals surface area contributed by atoms with E-state index in [0.717, 1.165) is 6.07 Å². The van der Waals surface area contributed by atoms with Crippen LogP contribution in [0.5, 0.6) is 0 Å². The number of aromatic nitrogens is 1. The second kappa shape index (κ2) is 3.89. The van der Waals surface area contributed by atoms with Crippen molar-refractivity contribution >= 4 is 5.78 Å². The normalized spacial score (nSPS) is 10.4. The third-order valence-electron chi connectivity index (χ3n) is 2.34. The number of rotatable bonds is 2. The van der Waals surface area contributed by atoms with Gasteiger partial charge in [0, 0.05) is 12.3 Å². The van der Waals surface area contributed by atoms with Crippen LogP contribution in [0.1, 0.15) is 21.6 Å². The van der Waals surface area contributed by atoms with Crippen LogP contribution >= 0.6 is 0 Å². The number of halogens is 2. The molecule has 2 rings (SSSR count). The van der Waals surface area contributed by atoms with Crippen LogP contribution in [0.3, 0.4) is 0 Å². The third-order valence-corrected chi connectivity index (χ3v) is 2.34. The molecule has 1 N–H and O–H groups in total. The molecule has 0 fully saturated rings. The highest BCUT2D eigenvalue weighted by Crippen LogP contribution is 2.17. The Morgan fingerprint density at radius 3 is 2.62 bits per heavy atom. The molecule has 0 bridgehead atoms. The lowest BCUT2D eigenvalue weighted by atomic mass is 10.0. The first kappa shape index (κ1) is 10.5. The van der Waals surface area contributed by atoms with E-state index in [4.69, 9.17) is 0 Å². The second-order valence-electron chi connectivity index (χ2n) is 3.49. The third kappa shape index (κ3) is 1.74. The molecule has 1 aromatic carbocycles. The molecule has 0 unspecified atom stereocenters. The van der Waals surface area contributed by atoms with Crippen molar-refractivity contribution in [3.05, 3.63) is 58.9 Å². The Hall–Kier alpha value is -1.97. The SMILES string of the molecule is Cc1cc(C(=O)c2ccc[nH]2)c(F)cc1F. The van der Waals surface area contributed by atoms with Crippen LogP contribution in [0.15, 0.2) is 30.5 Å². The van der Waals surface area contributed by atoms with Crippen LogP contribution in [-0.4, -0.2) is 10.8 Å². The quantitative estimate of drug-likeness (QED) is 0.777. The van der Waals surface area contributed by atoms with E-state index in [2.05, 4.69) is 4.98 Å². The topological polar surface area (TPSA) is 32.9 Å². The van der Waals surface area contributed by atoms with Gasteiger partial charge in [-0.15, -0.1) is 0 Å². The molecular weight excluding hydrogens is 212 g/mol. The molecule has 0 atom stereocenters. The molecule has 1 heterocycles. The minimum atomic E-state index is -0.845. The number of carbonyl (C=O) groups excluding carboxylic acids is 1. The van der Waals surface area contributed by atoms with Gasteiger partial charge in [0.15, 0.2) is 0 Å². The summed E-state index contributed by atoms with van der Waals surface area (Å²) in [6.45, 7) is 1.49. The van der Waals surface area contributed by atoms with E-state index >= 15 is 0 Å². The molecule has 1 aromatic heterocycles. The first-order valence-corrected chi connectivity index (χ1v) is 4.73. The zero-order valence-corrected chi connectivity index (χ0v) is 8.55. The van der Waals surface area contributed by atoms with E-state index < -0.39 is 17.4 Å². The van der Waals surface area contributed by atoms with Gasteiger partial charge in [-0.1, -0.05) is 0 Å². The Bertz CT molecular complexity index is 532. The van der Waals surface area contributed by atoms with E-state index in [0.29, 0.717) is 0 Å². The van der Waals surface area contributed by atoms with Crippen molar-refractivity contribution in [3.8, 4) is 0 Å². The van der Waals surface area contributed by atoms with Crippen LogP contribution < -0.4 is 0 Å². The maximum absolute atomic E-state index is 13.4. The fourth-order valence-corrected chi connectivity index (χ4v) is 1.45. The molecule has 0 saturated carbocycles. The van der Waals surface area contributed by atoms with Gasteiger partial charge in [-0.25, -0.2) is 8.78 Å². The maximum Gasteiger partial charge on any atom is 0.212 e. The Morgan fingerprint density at radius 2 is 2.00 bits per heavy atom. The molecule has 0 radical (unpaired) electrons. The van der Waals surface area contributed by atoms with Gasteiger partial charge in [0.05, 0.1) is 11.3 Å². The average molecular weight is 221 g/mol. The number of hydrogen-bond donors (Lipinski definition) is 1. The van der Waals surface area contributed by atoms with Gasteiger partial charge in [0.25, 0.3) is 0 Å². The standard InChI is InChI=1S/C12H9F2NO/c1-7-5-8(10(14)6-9(7)13)12(16)11-3-2-4-15-11/h2-6,15H,1H3. The van der Waals surface area contributed by atoms with Crippen LogP contribution in [0.25, 0.3) is 0 Å². The summed E-state index contributed by atoms with van der Waals surface area (Å²) in [5.74, 6) is -1.98. The Morgan fingerprint density at radius 1 is 1.25 bits per heavy atom. The van der Waals surface area contributed by atoms with Crippen molar-refractivity contribution < 1.29 is 13.6 Å². The molecule has 4 heteroatoms. The number of benzene rings is 1. The van der Waals surface area contributed by atoms with Crippen molar-refractivity contribution in [3.63, 3.8) is 0 Å². The predicted molar refractivity (Wildman–Crippen MR) is 55.3 cm³/mol. The molecule has 2 nitrogen and oxygen atoms in total. The number of aromatic amines is 1. The van der Waals surface area contributed by atoms with E-state index in [1.807, 2.05) is 0 Å². The highest BCUT2D eigenvalue weighted by Gasteiger charge is 2.16. The highest BCUT2D eigenvalue weighted by molar-refractivity contribution is 6.08. The largest absolute Gasteiger partial charge is 0.359 e. The van der Waals surface area contributed by atoms with Crippen LogP contribution in [0.4, 0.5) is 8.78 Å². The smallest absolute Gasteiger partial charge is 0.212 e. The molecular formula is C12H9F2NO. The van der Waals surface area contributed by atoms with Crippen molar-refractivity contribution in [2.75, 3.05) is 0 Å². The van der Waals surface area contributed by atoms with Gasteiger partial charge in [0.1, 0.15) is 11.6 Å². The molecule has 0 amide bonds. The van der Waals surface area contributed by atoms with E-state index in [9.17, 15) is 13.6 Å². The minimum Gasteiger partial charge on any atom is -0.359 e. The van der Waals surface area contributed by atoms with Gasteiger partial charge < -0.3 is 4.98 Å². The molecule has 82 valence electrons. The summed E-state index contributed by atoms with van der Waals surface area (Å²) in [5, 5.41) is 0. The summed E-state index contributed by atoms with van der Waals surface area (Å²) in [6, 6.07) is 5.13. The lowest BCUT2D eigenvalue weighted by molar-refractivity contribution is 0.103. The molecule has 0 aliphatic heterocycles. The zero-order chi connectivity index (χ0) is 11.7. The Balaban J connectivity index is 2.49. The van der Waals surface area contributed by atoms with Gasteiger partial charge in [0.2, 0.25) is 5.78 Å². The summed E-state index contributed by atoms with van der Waals surface area (Å²) in [4.78, 5) is 14.5. The lowest BCUT2D eigenvalue weighted by Gasteiger charge is -2.03. The fraction of sp³-hybridized carbons (Fsp3) is 0.0833. The van der Waals surface area contributed by atoms with E-state index in [1.165, 1.54) is 13.0 Å². The van der Waals surface area contributed by atoms with Crippen molar-refractivity contribution in [2.24, 2.45) is 0 Å². The summed E-state index contributed by atoms with van der Waals surface area (Å²) in [6.07, 6.45) is 1.57. The number of H-pyrrole nitrogens is 1. The van der Waals surface area contributed by atoms with Gasteiger partial charge in [-0.3, -0.25) is 4.79 Å². The predicted octanol–water partition coefficient (Wildman–Crippen LogP) is 2.83. The molecule has 2 aromatic rings. The first-order chi connectivity index (χ1) is 7.59. The number of carbonyl (C=O) groups is 1. The summed E-state index contributed by atoms with van der Waals surface area (Å²) >= 11 is 0. The summed E-state index contributed by atoms with van der Waals surface area (Å²) < 4.78 is 26.4. The number of nitrogens with one attached hydrogen (secondary N) is 1. The lowest BCUT2D eigenvalue weighted by Crippen LogP contribution is -2.06. The molecule has 0 saturated heterocycles. The van der Waals surface area contributed by atoms with E-state index in [1.54, 1.807) is 18.3 Å². The monoisotopic (exact) mass is 221 g/mol.